The molecule has 3 heteroatoms. The van der Waals surface area contributed by atoms with E-state index in [9.17, 15) is 4.79 Å². The Morgan fingerprint density at radius 3 is 2.55 bits per heavy atom. The minimum atomic E-state index is -0.453. The molecule has 0 fully saturated rings. The molecule has 0 atom stereocenters. The van der Waals surface area contributed by atoms with E-state index >= 15 is 0 Å². The molecule has 1 heterocycles. The van der Waals surface area contributed by atoms with Crippen molar-refractivity contribution >= 4 is 12.0 Å². The van der Waals surface area contributed by atoms with Gasteiger partial charge in [0.1, 0.15) is 11.4 Å². The highest BCUT2D eigenvalue weighted by molar-refractivity contribution is 5.89. The Morgan fingerprint density at radius 1 is 1.14 bits per heavy atom. The molecule has 3 rings (SSSR count). The summed E-state index contributed by atoms with van der Waals surface area (Å²) in [5.41, 5.74) is 5.58. The second-order valence-corrected chi connectivity index (χ2v) is 8.33. The third-order valence-corrected chi connectivity index (χ3v) is 5.40. The molecule has 0 aliphatic heterocycles. The third kappa shape index (κ3) is 5.54. The van der Waals surface area contributed by atoms with Gasteiger partial charge in [-0.1, -0.05) is 67.5 Å². The van der Waals surface area contributed by atoms with Crippen molar-refractivity contribution in [2.24, 2.45) is 5.41 Å². The molecule has 0 spiro atoms. The topological polar surface area (TPSA) is 39.2 Å². The molecule has 1 aromatic carbocycles. The molecular formula is C26H29NO2. The van der Waals surface area contributed by atoms with Crippen molar-refractivity contribution in [1.29, 1.82) is 0 Å². The third-order valence-electron chi connectivity index (χ3n) is 5.40. The lowest BCUT2D eigenvalue weighted by molar-refractivity contribution is 0.0728. The number of benzene rings is 1. The van der Waals surface area contributed by atoms with Crippen LogP contribution in [0.25, 0.3) is 6.08 Å². The van der Waals surface area contributed by atoms with E-state index in [0.717, 1.165) is 11.1 Å². The van der Waals surface area contributed by atoms with Crippen LogP contribution < -0.4 is 4.74 Å². The van der Waals surface area contributed by atoms with E-state index in [1.54, 1.807) is 24.4 Å². The van der Waals surface area contributed by atoms with Crippen LogP contribution in [0.2, 0.25) is 0 Å². The quantitative estimate of drug-likeness (QED) is 0.322. The predicted octanol–water partition coefficient (Wildman–Crippen LogP) is 6.79. The Labute approximate surface area is 173 Å². The summed E-state index contributed by atoms with van der Waals surface area (Å²) in [5, 5.41) is 0. The number of esters is 1. The normalized spacial score (nSPS) is 16.9. The van der Waals surface area contributed by atoms with E-state index in [2.05, 4.69) is 50.9 Å². The Kier molecular flexibility index (Phi) is 6.48. The molecule has 0 saturated carbocycles. The number of aromatic nitrogens is 1. The summed E-state index contributed by atoms with van der Waals surface area (Å²) in [6, 6.07) is 12.6. The van der Waals surface area contributed by atoms with Crippen LogP contribution >= 0.6 is 0 Å². The van der Waals surface area contributed by atoms with E-state index in [1.165, 1.54) is 30.4 Å². The van der Waals surface area contributed by atoms with Gasteiger partial charge in [-0.3, -0.25) is 0 Å². The zero-order chi connectivity index (χ0) is 20.9. The highest BCUT2D eigenvalue weighted by atomic mass is 16.5. The molecule has 29 heavy (non-hydrogen) atoms. The second-order valence-electron chi connectivity index (χ2n) is 8.33. The fraction of sp³-hybridized carbons (Fsp3) is 0.308. The van der Waals surface area contributed by atoms with E-state index in [-0.39, 0.29) is 5.41 Å². The molecule has 0 bridgehead atoms. The Bertz CT molecular complexity index is 948. The number of rotatable bonds is 5. The number of hydrogen-bond donors (Lipinski definition) is 0. The lowest BCUT2D eigenvalue weighted by atomic mass is 9.72. The maximum Gasteiger partial charge on any atom is 0.362 e. The standard InChI is InChI=1S/C26H29NO2/c1-19(12-14-23-20(2)9-8-16-26(23,3)4)17-21-13-15-24(27-18-21)25(28)29-22-10-6-5-7-11-22/h5-7,10-15,17-18H,8-9,16H2,1-4H3/b14-12+,19-17+. The second kappa shape index (κ2) is 9.04. The predicted molar refractivity (Wildman–Crippen MR) is 119 cm³/mol. The van der Waals surface area contributed by atoms with Crippen molar-refractivity contribution in [2.75, 3.05) is 0 Å². The molecule has 150 valence electrons. The fourth-order valence-corrected chi connectivity index (χ4v) is 3.80. The molecule has 1 aliphatic rings. The van der Waals surface area contributed by atoms with Crippen LogP contribution in [0.5, 0.6) is 5.75 Å². The Balaban J connectivity index is 1.68. The minimum Gasteiger partial charge on any atom is -0.422 e. The molecule has 1 aliphatic carbocycles. The molecule has 0 N–H and O–H groups in total. The summed E-state index contributed by atoms with van der Waals surface area (Å²) >= 11 is 0. The Hall–Kier alpha value is -2.94. The van der Waals surface area contributed by atoms with Crippen LogP contribution in [-0.4, -0.2) is 11.0 Å². The van der Waals surface area contributed by atoms with Crippen molar-refractivity contribution in [3.63, 3.8) is 0 Å². The number of carbonyl (C=O) groups is 1. The largest absolute Gasteiger partial charge is 0.422 e. The number of carbonyl (C=O) groups excluding carboxylic acids is 1. The van der Waals surface area contributed by atoms with Crippen LogP contribution in [0.3, 0.4) is 0 Å². The van der Waals surface area contributed by atoms with Gasteiger partial charge in [-0.2, -0.15) is 0 Å². The smallest absolute Gasteiger partial charge is 0.362 e. The summed E-state index contributed by atoms with van der Waals surface area (Å²) in [7, 11) is 0. The maximum absolute atomic E-state index is 12.2. The van der Waals surface area contributed by atoms with E-state index in [4.69, 9.17) is 4.74 Å². The van der Waals surface area contributed by atoms with E-state index < -0.39 is 5.97 Å². The summed E-state index contributed by atoms with van der Waals surface area (Å²) in [6.45, 7) is 8.98. The van der Waals surface area contributed by atoms with Crippen molar-refractivity contribution < 1.29 is 9.53 Å². The molecule has 0 saturated heterocycles. The van der Waals surface area contributed by atoms with Crippen molar-refractivity contribution in [1.82, 2.24) is 4.98 Å². The molecule has 3 nitrogen and oxygen atoms in total. The first-order valence-electron chi connectivity index (χ1n) is 10.1. The van der Waals surface area contributed by atoms with Crippen LogP contribution in [0.1, 0.15) is 63.0 Å². The Morgan fingerprint density at radius 2 is 1.90 bits per heavy atom. The SMILES string of the molecule is CC1=C(/C=C/C(C)=C/c2ccc(C(=O)Oc3ccccc3)nc2)C(C)(C)CCC1. The number of allylic oxidation sites excluding steroid dienone is 5. The zero-order valence-corrected chi connectivity index (χ0v) is 17.7. The monoisotopic (exact) mass is 387 g/mol. The van der Waals surface area contributed by atoms with Gasteiger partial charge in [0.15, 0.2) is 0 Å². The van der Waals surface area contributed by atoms with Gasteiger partial charge in [-0.15, -0.1) is 0 Å². The van der Waals surface area contributed by atoms with Crippen LogP contribution in [-0.2, 0) is 0 Å². The minimum absolute atomic E-state index is 0.238. The number of ether oxygens (including phenoxy) is 1. The zero-order valence-electron chi connectivity index (χ0n) is 17.7. The van der Waals surface area contributed by atoms with Gasteiger partial charge < -0.3 is 4.74 Å². The highest BCUT2D eigenvalue weighted by Gasteiger charge is 2.26. The van der Waals surface area contributed by atoms with Gasteiger partial charge in [-0.25, -0.2) is 9.78 Å². The number of hydrogen-bond acceptors (Lipinski definition) is 3. The first-order valence-corrected chi connectivity index (χ1v) is 10.1. The molecular weight excluding hydrogens is 358 g/mol. The van der Waals surface area contributed by atoms with Crippen LogP contribution in [0, 0.1) is 5.41 Å². The molecule has 2 aromatic rings. The van der Waals surface area contributed by atoms with Crippen molar-refractivity contribution in [3.05, 3.63) is 88.8 Å². The first kappa shape index (κ1) is 20.8. The average molecular weight is 388 g/mol. The number of nitrogens with zero attached hydrogens (tertiary/aromatic N) is 1. The van der Waals surface area contributed by atoms with Crippen molar-refractivity contribution in [2.45, 2.75) is 47.0 Å². The molecule has 0 unspecified atom stereocenters. The fourth-order valence-electron chi connectivity index (χ4n) is 3.80. The molecule has 0 radical (unpaired) electrons. The van der Waals surface area contributed by atoms with E-state index in [0.29, 0.717) is 11.4 Å². The van der Waals surface area contributed by atoms with Crippen LogP contribution in [0.4, 0.5) is 0 Å². The average Bonchev–Trinajstić information content (AvgIpc) is 2.68. The van der Waals surface area contributed by atoms with Gasteiger partial charge in [0.25, 0.3) is 0 Å². The lowest BCUT2D eigenvalue weighted by Gasteiger charge is -2.32. The highest BCUT2D eigenvalue weighted by Crippen LogP contribution is 2.40. The van der Waals surface area contributed by atoms with Gasteiger partial charge in [0, 0.05) is 6.20 Å². The molecule has 0 amide bonds. The summed E-state index contributed by atoms with van der Waals surface area (Å²) < 4.78 is 5.32. The summed E-state index contributed by atoms with van der Waals surface area (Å²) in [4.78, 5) is 16.5. The van der Waals surface area contributed by atoms with E-state index in [1.807, 2.05) is 24.3 Å². The summed E-state index contributed by atoms with van der Waals surface area (Å²) in [5.74, 6) is 0.0600. The van der Waals surface area contributed by atoms with Gasteiger partial charge in [0.05, 0.1) is 0 Å². The molecule has 1 aromatic heterocycles. The van der Waals surface area contributed by atoms with Crippen molar-refractivity contribution in [3.8, 4) is 5.75 Å². The van der Waals surface area contributed by atoms with Gasteiger partial charge in [-0.05, 0) is 67.9 Å². The van der Waals surface area contributed by atoms with Crippen LogP contribution in [0.15, 0.2) is 77.5 Å². The number of pyridine rings is 1. The first-order chi connectivity index (χ1) is 13.8. The number of para-hydroxylation sites is 1. The van der Waals surface area contributed by atoms with Gasteiger partial charge in [0.2, 0.25) is 0 Å². The summed E-state index contributed by atoms with van der Waals surface area (Å²) in [6.07, 6.45) is 11.9. The van der Waals surface area contributed by atoms with Gasteiger partial charge >= 0.3 is 5.97 Å². The maximum atomic E-state index is 12.2. The lowest BCUT2D eigenvalue weighted by Crippen LogP contribution is -2.19.